The van der Waals surface area contributed by atoms with Crippen LogP contribution in [0.5, 0.6) is 0 Å². The quantitative estimate of drug-likeness (QED) is 0.823. The molecular weight excluding hydrogens is 247 g/mol. The van der Waals surface area contributed by atoms with Crippen molar-refractivity contribution in [2.75, 3.05) is 20.6 Å². The van der Waals surface area contributed by atoms with Gasteiger partial charge in [0.1, 0.15) is 6.04 Å². The van der Waals surface area contributed by atoms with E-state index >= 15 is 0 Å². The number of alkyl halides is 3. The number of nitrogens with zero attached hydrogens (tertiary/aromatic N) is 2. The first-order chi connectivity index (χ1) is 8.16. The highest BCUT2D eigenvalue weighted by Gasteiger charge is 2.50. The molecule has 0 aromatic heterocycles. The van der Waals surface area contributed by atoms with E-state index in [-0.39, 0.29) is 12.5 Å². The average molecular weight is 267 g/mol. The van der Waals surface area contributed by atoms with Gasteiger partial charge in [0, 0.05) is 20.1 Å². The molecule has 1 rings (SSSR count). The molecule has 0 aromatic rings. The van der Waals surface area contributed by atoms with E-state index in [4.69, 9.17) is 5.73 Å². The summed E-state index contributed by atoms with van der Waals surface area (Å²) in [4.78, 5) is 14.4. The van der Waals surface area contributed by atoms with Gasteiger partial charge in [0.2, 0.25) is 5.91 Å². The Bertz CT molecular complexity index is 304. The van der Waals surface area contributed by atoms with Gasteiger partial charge >= 0.3 is 6.18 Å². The van der Waals surface area contributed by atoms with Crippen molar-refractivity contribution in [2.24, 2.45) is 5.73 Å². The van der Waals surface area contributed by atoms with Crippen LogP contribution >= 0.6 is 0 Å². The number of rotatable bonds is 3. The molecule has 3 unspecified atom stereocenters. The van der Waals surface area contributed by atoms with E-state index in [1.54, 1.807) is 14.1 Å². The van der Waals surface area contributed by atoms with Crippen LogP contribution in [0, 0.1) is 0 Å². The molecule has 1 heterocycles. The predicted octanol–water partition coefficient (Wildman–Crippen LogP) is 0.817. The maximum atomic E-state index is 13.0. The van der Waals surface area contributed by atoms with Crippen molar-refractivity contribution < 1.29 is 18.0 Å². The first-order valence-electron chi connectivity index (χ1n) is 5.95. The van der Waals surface area contributed by atoms with Crippen LogP contribution in [-0.2, 0) is 4.79 Å². The molecule has 0 aliphatic carbocycles. The van der Waals surface area contributed by atoms with Gasteiger partial charge in [-0.15, -0.1) is 0 Å². The Hall–Kier alpha value is -0.820. The van der Waals surface area contributed by atoms with Crippen LogP contribution in [-0.4, -0.2) is 60.6 Å². The number of hydrogen-bond acceptors (Lipinski definition) is 3. The highest BCUT2D eigenvalue weighted by molar-refractivity contribution is 5.81. The second-order valence-electron chi connectivity index (χ2n) is 4.97. The molecule has 0 saturated carbocycles. The van der Waals surface area contributed by atoms with Crippen LogP contribution in [0.25, 0.3) is 0 Å². The molecule has 1 amide bonds. The Morgan fingerprint density at radius 1 is 1.44 bits per heavy atom. The third-order valence-corrected chi connectivity index (χ3v) is 3.21. The lowest BCUT2D eigenvalue weighted by Crippen LogP contribution is -2.59. The van der Waals surface area contributed by atoms with Gasteiger partial charge in [-0.2, -0.15) is 13.2 Å². The van der Waals surface area contributed by atoms with E-state index in [1.807, 2.05) is 0 Å². The van der Waals surface area contributed by atoms with Gasteiger partial charge in [-0.1, -0.05) is 0 Å². The first kappa shape index (κ1) is 15.2. The number of likely N-dealkylation sites (tertiary alicyclic amines) is 1. The fourth-order valence-electron chi connectivity index (χ4n) is 2.47. The van der Waals surface area contributed by atoms with Crippen molar-refractivity contribution >= 4 is 5.91 Å². The van der Waals surface area contributed by atoms with Crippen LogP contribution in [0.3, 0.4) is 0 Å². The molecule has 0 spiro atoms. The number of hydrogen-bond donors (Lipinski definition) is 1. The van der Waals surface area contributed by atoms with E-state index in [2.05, 4.69) is 0 Å². The Morgan fingerprint density at radius 2 is 2.00 bits per heavy atom. The molecule has 1 saturated heterocycles. The molecule has 2 N–H and O–H groups in total. The molecule has 4 nitrogen and oxygen atoms in total. The Labute approximate surface area is 105 Å². The van der Waals surface area contributed by atoms with Gasteiger partial charge in [0.15, 0.2) is 0 Å². The number of carbonyl (C=O) groups excluding carboxylic acids is 1. The maximum Gasteiger partial charge on any atom is 0.405 e. The average Bonchev–Trinajstić information content (AvgIpc) is 2.62. The third-order valence-electron chi connectivity index (χ3n) is 3.21. The van der Waals surface area contributed by atoms with Crippen molar-refractivity contribution in [3.05, 3.63) is 0 Å². The lowest BCUT2D eigenvalue weighted by atomic mass is 10.1. The lowest BCUT2D eigenvalue weighted by molar-refractivity contribution is -0.191. The molecule has 7 heteroatoms. The third kappa shape index (κ3) is 3.14. The zero-order chi connectivity index (χ0) is 14.1. The zero-order valence-corrected chi connectivity index (χ0v) is 10.9. The van der Waals surface area contributed by atoms with Crippen LogP contribution in [0.15, 0.2) is 0 Å². The fourth-order valence-corrected chi connectivity index (χ4v) is 2.47. The summed E-state index contributed by atoms with van der Waals surface area (Å²) >= 11 is 0. The second-order valence-corrected chi connectivity index (χ2v) is 4.97. The Balaban J connectivity index is 2.94. The minimum absolute atomic E-state index is 0.260. The largest absolute Gasteiger partial charge is 0.405 e. The van der Waals surface area contributed by atoms with Gasteiger partial charge in [0.05, 0.1) is 6.04 Å². The molecule has 3 atom stereocenters. The Morgan fingerprint density at radius 3 is 2.39 bits per heavy atom. The zero-order valence-electron chi connectivity index (χ0n) is 10.9. The summed E-state index contributed by atoms with van der Waals surface area (Å²) in [6.45, 7) is 1.59. The smallest absolute Gasteiger partial charge is 0.347 e. The molecule has 18 heavy (non-hydrogen) atoms. The standard InChI is InChI=1S/C11H20F3N3O/c1-7(15)9(11(12,13)14)17-6-4-5-8(17)10(18)16(2)3/h7-9H,4-6,15H2,1-3H3. The van der Waals surface area contributed by atoms with Crippen molar-refractivity contribution in [3.63, 3.8) is 0 Å². The van der Waals surface area contributed by atoms with E-state index in [9.17, 15) is 18.0 Å². The predicted molar refractivity (Wildman–Crippen MR) is 61.9 cm³/mol. The van der Waals surface area contributed by atoms with Crippen LogP contribution < -0.4 is 5.73 Å². The number of halogens is 3. The van der Waals surface area contributed by atoms with Gasteiger partial charge in [-0.25, -0.2) is 0 Å². The van der Waals surface area contributed by atoms with Crippen LogP contribution in [0.2, 0.25) is 0 Å². The normalized spacial score (nSPS) is 24.9. The Kier molecular flexibility index (Phi) is 4.61. The summed E-state index contributed by atoms with van der Waals surface area (Å²) in [5.41, 5.74) is 5.45. The summed E-state index contributed by atoms with van der Waals surface area (Å²) in [6, 6.07) is -3.52. The molecule has 0 radical (unpaired) electrons. The SMILES string of the molecule is CC(N)C(N1CCCC1C(=O)N(C)C)C(F)(F)F. The number of amides is 1. The fraction of sp³-hybridized carbons (Fsp3) is 0.909. The highest BCUT2D eigenvalue weighted by atomic mass is 19.4. The maximum absolute atomic E-state index is 13.0. The molecule has 0 bridgehead atoms. The van der Waals surface area contributed by atoms with E-state index in [0.717, 1.165) is 0 Å². The lowest BCUT2D eigenvalue weighted by Gasteiger charge is -2.36. The topological polar surface area (TPSA) is 49.6 Å². The van der Waals surface area contributed by atoms with Gasteiger partial charge < -0.3 is 10.6 Å². The minimum Gasteiger partial charge on any atom is -0.347 e. The number of likely N-dealkylation sites (N-methyl/N-ethyl adjacent to an activating group) is 1. The van der Waals surface area contributed by atoms with Crippen molar-refractivity contribution in [1.29, 1.82) is 0 Å². The first-order valence-corrected chi connectivity index (χ1v) is 5.95. The second kappa shape index (κ2) is 5.44. The summed E-state index contributed by atoms with van der Waals surface area (Å²) in [5.74, 6) is -0.289. The molecule has 0 aromatic carbocycles. The van der Waals surface area contributed by atoms with Gasteiger partial charge in [0.25, 0.3) is 0 Å². The number of nitrogens with two attached hydrogens (primary N) is 1. The van der Waals surface area contributed by atoms with Crippen molar-refractivity contribution in [1.82, 2.24) is 9.80 Å². The van der Waals surface area contributed by atoms with Crippen LogP contribution in [0.4, 0.5) is 13.2 Å². The molecule has 106 valence electrons. The summed E-state index contributed by atoms with van der Waals surface area (Å²) in [5, 5.41) is 0. The summed E-state index contributed by atoms with van der Waals surface area (Å²) in [7, 11) is 3.10. The molecule has 1 fully saturated rings. The summed E-state index contributed by atoms with van der Waals surface area (Å²) < 4.78 is 39.0. The van der Waals surface area contributed by atoms with Crippen molar-refractivity contribution in [2.45, 2.75) is 44.1 Å². The van der Waals surface area contributed by atoms with Crippen molar-refractivity contribution in [3.8, 4) is 0 Å². The van der Waals surface area contributed by atoms with E-state index in [1.165, 1.54) is 16.7 Å². The highest BCUT2D eigenvalue weighted by Crippen LogP contribution is 2.32. The van der Waals surface area contributed by atoms with Gasteiger partial charge in [-0.3, -0.25) is 9.69 Å². The minimum atomic E-state index is -4.41. The monoisotopic (exact) mass is 267 g/mol. The molecule has 1 aliphatic heterocycles. The van der Waals surface area contributed by atoms with Gasteiger partial charge in [-0.05, 0) is 26.3 Å². The number of carbonyl (C=O) groups is 1. The van der Waals surface area contributed by atoms with E-state index in [0.29, 0.717) is 12.8 Å². The molecular formula is C11H20F3N3O. The summed E-state index contributed by atoms with van der Waals surface area (Å²) in [6.07, 6.45) is -3.37. The van der Waals surface area contributed by atoms with Crippen LogP contribution in [0.1, 0.15) is 19.8 Å². The van der Waals surface area contributed by atoms with E-state index < -0.39 is 24.3 Å². The molecule has 1 aliphatic rings.